The van der Waals surface area contributed by atoms with Crippen molar-refractivity contribution < 1.29 is 9.47 Å². The maximum atomic E-state index is 6.07. The van der Waals surface area contributed by atoms with E-state index in [1.165, 1.54) is 0 Å². The Kier molecular flexibility index (Phi) is 5.03. The second kappa shape index (κ2) is 6.78. The number of hydrogen-bond donors (Lipinski definition) is 1. The van der Waals surface area contributed by atoms with Crippen molar-refractivity contribution in [1.29, 1.82) is 0 Å². The standard InChI is InChI=1S/C13H14Cl2N4O2/c1-4-21-13-18-11(15)17-12(19-13)16-9-5-7(2)8(14)6-10(9)20-3/h5-6H,4H2,1-3H3,(H,16,17,18,19). The minimum Gasteiger partial charge on any atom is -0.495 e. The van der Waals surface area contributed by atoms with E-state index in [1.807, 2.05) is 19.9 Å². The molecule has 0 saturated heterocycles. The molecule has 0 atom stereocenters. The minimum absolute atomic E-state index is 0.0422. The quantitative estimate of drug-likeness (QED) is 0.903. The molecule has 112 valence electrons. The second-order valence-electron chi connectivity index (χ2n) is 4.07. The molecule has 0 unspecified atom stereocenters. The van der Waals surface area contributed by atoms with E-state index in [4.69, 9.17) is 32.7 Å². The molecule has 1 N–H and O–H groups in total. The highest BCUT2D eigenvalue weighted by Gasteiger charge is 2.11. The first-order valence-corrected chi connectivity index (χ1v) is 6.94. The number of aryl methyl sites for hydroxylation is 1. The van der Waals surface area contributed by atoms with Gasteiger partial charge in [0.25, 0.3) is 0 Å². The van der Waals surface area contributed by atoms with E-state index < -0.39 is 0 Å². The monoisotopic (exact) mass is 328 g/mol. The van der Waals surface area contributed by atoms with Gasteiger partial charge in [-0.2, -0.15) is 15.0 Å². The van der Waals surface area contributed by atoms with E-state index in [1.54, 1.807) is 13.2 Å². The van der Waals surface area contributed by atoms with Crippen molar-refractivity contribution in [2.24, 2.45) is 0 Å². The summed E-state index contributed by atoms with van der Waals surface area (Å²) in [5, 5.41) is 3.68. The molecule has 0 fully saturated rings. The van der Waals surface area contributed by atoms with Gasteiger partial charge in [0.05, 0.1) is 19.4 Å². The Balaban J connectivity index is 2.35. The largest absolute Gasteiger partial charge is 0.495 e. The van der Waals surface area contributed by atoms with Gasteiger partial charge in [0.2, 0.25) is 11.2 Å². The Hall–Kier alpha value is -1.79. The minimum atomic E-state index is 0.0422. The summed E-state index contributed by atoms with van der Waals surface area (Å²) < 4.78 is 10.5. The van der Waals surface area contributed by atoms with Gasteiger partial charge in [0.15, 0.2) is 0 Å². The fourth-order valence-electron chi connectivity index (χ4n) is 1.63. The molecule has 0 aliphatic rings. The number of hydrogen-bond acceptors (Lipinski definition) is 6. The van der Waals surface area contributed by atoms with Gasteiger partial charge >= 0.3 is 6.01 Å². The summed E-state index contributed by atoms with van der Waals surface area (Å²) in [6, 6.07) is 3.70. The number of benzene rings is 1. The van der Waals surface area contributed by atoms with Crippen molar-refractivity contribution in [2.75, 3.05) is 19.0 Å². The molecule has 0 bridgehead atoms. The van der Waals surface area contributed by atoms with Crippen LogP contribution in [0.1, 0.15) is 12.5 Å². The smallest absolute Gasteiger partial charge is 0.322 e. The molecule has 2 aromatic rings. The van der Waals surface area contributed by atoms with Crippen LogP contribution in [-0.4, -0.2) is 28.7 Å². The SMILES string of the molecule is CCOc1nc(Cl)nc(Nc2cc(C)c(Cl)cc2OC)n1. The van der Waals surface area contributed by atoms with Gasteiger partial charge in [-0.1, -0.05) is 11.6 Å². The van der Waals surface area contributed by atoms with Crippen molar-refractivity contribution in [3.05, 3.63) is 28.0 Å². The van der Waals surface area contributed by atoms with Crippen LogP contribution >= 0.6 is 23.2 Å². The summed E-state index contributed by atoms with van der Waals surface area (Å²) in [7, 11) is 1.55. The average molecular weight is 329 g/mol. The molecule has 21 heavy (non-hydrogen) atoms. The number of methoxy groups -OCH3 is 1. The highest BCUT2D eigenvalue weighted by Crippen LogP contribution is 2.32. The lowest BCUT2D eigenvalue weighted by atomic mass is 10.2. The molecule has 1 heterocycles. The van der Waals surface area contributed by atoms with Gasteiger partial charge in [-0.15, -0.1) is 0 Å². The van der Waals surface area contributed by atoms with Crippen LogP contribution in [-0.2, 0) is 0 Å². The van der Waals surface area contributed by atoms with Crippen LogP contribution in [0.4, 0.5) is 11.6 Å². The van der Waals surface area contributed by atoms with Crippen molar-refractivity contribution in [3.8, 4) is 11.8 Å². The topological polar surface area (TPSA) is 69.2 Å². The van der Waals surface area contributed by atoms with Crippen LogP contribution in [0.15, 0.2) is 12.1 Å². The number of ether oxygens (including phenoxy) is 2. The van der Waals surface area contributed by atoms with E-state index in [-0.39, 0.29) is 17.2 Å². The molecule has 0 spiro atoms. The molecular formula is C13H14Cl2N4O2. The fourth-order valence-corrected chi connectivity index (χ4v) is 1.94. The third-order valence-electron chi connectivity index (χ3n) is 2.59. The Bertz CT molecular complexity index is 652. The van der Waals surface area contributed by atoms with Gasteiger partial charge < -0.3 is 14.8 Å². The summed E-state index contributed by atoms with van der Waals surface area (Å²) in [5.41, 5.74) is 1.56. The number of anilines is 2. The second-order valence-corrected chi connectivity index (χ2v) is 4.82. The maximum Gasteiger partial charge on any atom is 0.322 e. The van der Waals surface area contributed by atoms with Gasteiger partial charge in [-0.25, -0.2) is 0 Å². The molecule has 0 saturated carbocycles. The number of rotatable bonds is 5. The van der Waals surface area contributed by atoms with Gasteiger partial charge in [-0.05, 0) is 37.1 Å². The first-order chi connectivity index (χ1) is 10.0. The third-order valence-corrected chi connectivity index (χ3v) is 3.16. The lowest BCUT2D eigenvalue weighted by Crippen LogP contribution is -2.04. The Morgan fingerprint density at radius 1 is 1.19 bits per heavy atom. The van der Waals surface area contributed by atoms with Crippen molar-refractivity contribution in [1.82, 2.24) is 15.0 Å². The van der Waals surface area contributed by atoms with Gasteiger partial charge in [0.1, 0.15) is 5.75 Å². The zero-order chi connectivity index (χ0) is 15.4. The highest BCUT2D eigenvalue weighted by atomic mass is 35.5. The molecule has 0 aliphatic heterocycles. The number of nitrogens with one attached hydrogen (secondary N) is 1. The van der Waals surface area contributed by atoms with Crippen LogP contribution in [0.5, 0.6) is 11.8 Å². The normalized spacial score (nSPS) is 10.3. The predicted molar refractivity (Wildman–Crippen MR) is 82.0 cm³/mol. The molecule has 0 amide bonds. The molecule has 2 rings (SSSR count). The molecule has 1 aromatic carbocycles. The Morgan fingerprint density at radius 3 is 2.62 bits per heavy atom. The number of aromatic nitrogens is 3. The molecule has 6 nitrogen and oxygen atoms in total. The summed E-state index contributed by atoms with van der Waals surface area (Å²) in [6.07, 6.45) is 0. The van der Waals surface area contributed by atoms with E-state index in [0.717, 1.165) is 5.56 Å². The summed E-state index contributed by atoms with van der Waals surface area (Å²) >= 11 is 11.9. The van der Waals surface area contributed by atoms with Crippen molar-refractivity contribution in [2.45, 2.75) is 13.8 Å². The van der Waals surface area contributed by atoms with Crippen LogP contribution < -0.4 is 14.8 Å². The number of halogens is 2. The maximum absolute atomic E-state index is 6.07. The molecule has 1 aromatic heterocycles. The fraction of sp³-hybridized carbons (Fsp3) is 0.308. The van der Waals surface area contributed by atoms with E-state index in [2.05, 4.69) is 20.3 Å². The van der Waals surface area contributed by atoms with Crippen LogP contribution in [0.25, 0.3) is 0 Å². The molecular weight excluding hydrogens is 315 g/mol. The van der Waals surface area contributed by atoms with Gasteiger partial charge in [0, 0.05) is 11.1 Å². The zero-order valence-corrected chi connectivity index (χ0v) is 13.3. The van der Waals surface area contributed by atoms with E-state index in [9.17, 15) is 0 Å². The predicted octanol–water partition coefficient (Wildman–Crippen LogP) is 3.64. The first kappa shape index (κ1) is 15.6. The Morgan fingerprint density at radius 2 is 1.95 bits per heavy atom. The molecule has 0 radical (unpaired) electrons. The average Bonchev–Trinajstić information content (AvgIpc) is 2.42. The van der Waals surface area contributed by atoms with Crippen molar-refractivity contribution in [3.63, 3.8) is 0 Å². The summed E-state index contributed by atoms with van der Waals surface area (Å²) in [4.78, 5) is 12.0. The zero-order valence-electron chi connectivity index (χ0n) is 11.8. The van der Waals surface area contributed by atoms with Crippen LogP contribution in [0, 0.1) is 6.92 Å². The number of nitrogens with zero attached hydrogens (tertiary/aromatic N) is 3. The van der Waals surface area contributed by atoms with Gasteiger partial charge in [-0.3, -0.25) is 0 Å². The summed E-state index contributed by atoms with van der Waals surface area (Å²) in [6.45, 7) is 4.15. The van der Waals surface area contributed by atoms with E-state index >= 15 is 0 Å². The lowest BCUT2D eigenvalue weighted by molar-refractivity contribution is 0.312. The molecule has 0 aliphatic carbocycles. The van der Waals surface area contributed by atoms with Crippen LogP contribution in [0.3, 0.4) is 0 Å². The lowest BCUT2D eigenvalue weighted by Gasteiger charge is -2.12. The van der Waals surface area contributed by atoms with E-state index in [0.29, 0.717) is 23.1 Å². The first-order valence-electron chi connectivity index (χ1n) is 6.19. The Labute approximate surface area is 132 Å². The third kappa shape index (κ3) is 3.86. The molecule has 8 heteroatoms. The summed E-state index contributed by atoms with van der Waals surface area (Å²) in [5.74, 6) is 0.832. The highest BCUT2D eigenvalue weighted by molar-refractivity contribution is 6.31. The van der Waals surface area contributed by atoms with Crippen molar-refractivity contribution >= 4 is 34.8 Å². The van der Waals surface area contributed by atoms with Crippen LogP contribution in [0.2, 0.25) is 10.3 Å².